The maximum absolute atomic E-state index is 12.2. The van der Waals surface area contributed by atoms with Gasteiger partial charge in [0.15, 0.2) is 5.96 Å². The first-order valence-electron chi connectivity index (χ1n) is 10.9. The molecule has 0 aliphatic heterocycles. The Bertz CT molecular complexity index is 831. The van der Waals surface area contributed by atoms with E-state index in [9.17, 15) is 4.79 Å². The summed E-state index contributed by atoms with van der Waals surface area (Å²) in [5.41, 5.74) is 3.99. The van der Waals surface area contributed by atoms with E-state index in [1.165, 1.54) is 5.69 Å². The molecule has 0 fully saturated rings. The second-order valence-electron chi connectivity index (χ2n) is 7.61. The lowest BCUT2D eigenvalue weighted by Crippen LogP contribution is -2.38. The number of hydrogen-bond acceptors (Lipinski definition) is 3. The van der Waals surface area contributed by atoms with E-state index in [4.69, 9.17) is 0 Å². The van der Waals surface area contributed by atoms with Crippen LogP contribution in [0.3, 0.4) is 0 Å². The zero-order valence-corrected chi connectivity index (χ0v) is 21.7. The monoisotopic (exact) mass is 540 g/mol. The van der Waals surface area contributed by atoms with E-state index < -0.39 is 0 Å². The third-order valence-electron chi connectivity index (χ3n) is 4.91. The fourth-order valence-corrected chi connectivity index (χ4v) is 3.02. The van der Waals surface area contributed by atoms with Crippen molar-refractivity contribution in [3.63, 3.8) is 0 Å². The molecule has 3 N–H and O–H groups in total. The highest BCUT2D eigenvalue weighted by atomic mass is 127. The predicted molar refractivity (Wildman–Crippen MR) is 138 cm³/mol. The standard InChI is InChI=1S/C23H36N6O.HI/c1-6-17(3)27-22(30)21-11-9-20(10-12-21)16-26-23(24-7-2)25-13-8-14-29-19(5)15-18(4)28-29;/h9-12,15,17H,6-8,13-14,16H2,1-5H3,(H,27,30)(H2,24,25,26);1H. The largest absolute Gasteiger partial charge is 0.357 e. The summed E-state index contributed by atoms with van der Waals surface area (Å²) in [6.07, 6.45) is 1.88. The quantitative estimate of drug-likeness (QED) is 0.185. The lowest BCUT2D eigenvalue weighted by molar-refractivity contribution is 0.0939. The highest BCUT2D eigenvalue weighted by Gasteiger charge is 2.08. The Kier molecular flexibility index (Phi) is 12.2. The SMILES string of the molecule is CCNC(=NCc1ccc(C(=O)NC(C)CC)cc1)NCCCn1nc(C)cc1C.I. The molecule has 0 saturated carbocycles. The Morgan fingerprint density at radius 3 is 2.45 bits per heavy atom. The van der Waals surface area contributed by atoms with Crippen LogP contribution in [0.15, 0.2) is 35.3 Å². The number of carbonyl (C=O) groups excluding carboxylic acids is 1. The topological polar surface area (TPSA) is 83.3 Å². The average Bonchev–Trinajstić information content (AvgIpc) is 3.06. The van der Waals surface area contributed by atoms with Gasteiger partial charge in [-0.1, -0.05) is 19.1 Å². The Balaban J connectivity index is 0.00000480. The number of benzene rings is 1. The van der Waals surface area contributed by atoms with E-state index >= 15 is 0 Å². The number of nitrogens with zero attached hydrogens (tertiary/aromatic N) is 3. The number of aliphatic imine (C=N–C) groups is 1. The van der Waals surface area contributed by atoms with Crippen LogP contribution in [0.1, 0.15) is 60.9 Å². The summed E-state index contributed by atoms with van der Waals surface area (Å²) in [6.45, 7) is 13.3. The van der Waals surface area contributed by atoms with E-state index in [1.807, 2.05) is 42.8 Å². The van der Waals surface area contributed by atoms with Crippen LogP contribution in [0.2, 0.25) is 0 Å². The second kappa shape index (κ2) is 14.1. The van der Waals surface area contributed by atoms with E-state index in [2.05, 4.69) is 52.9 Å². The molecule has 2 aromatic rings. The average molecular weight is 540 g/mol. The molecule has 8 heteroatoms. The molecule has 1 unspecified atom stereocenters. The molecule has 0 bridgehead atoms. The van der Waals surface area contributed by atoms with Crippen LogP contribution >= 0.6 is 24.0 Å². The molecule has 0 spiro atoms. The van der Waals surface area contributed by atoms with Crippen LogP contribution in [0.25, 0.3) is 0 Å². The van der Waals surface area contributed by atoms with Crippen LogP contribution < -0.4 is 16.0 Å². The Morgan fingerprint density at radius 1 is 1.16 bits per heavy atom. The van der Waals surface area contributed by atoms with Crippen molar-refractivity contribution >= 4 is 35.8 Å². The first-order chi connectivity index (χ1) is 14.4. The van der Waals surface area contributed by atoms with Gasteiger partial charge in [0.25, 0.3) is 5.91 Å². The Hall–Kier alpha value is -2.10. The van der Waals surface area contributed by atoms with Crippen molar-refractivity contribution in [1.29, 1.82) is 0 Å². The number of halogens is 1. The van der Waals surface area contributed by atoms with Gasteiger partial charge in [-0.3, -0.25) is 9.48 Å². The molecule has 0 saturated heterocycles. The highest BCUT2D eigenvalue weighted by Crippen LogP contribution is 2.07. The summed E-state index contributed by atoms with van der Waals surface area (Å²) >= 11 is 0. The number of aryl methyl sites for hydroxylation is 3. The van der Waals surface area contributed by atoms with Crippen molar-refractivity contribution in [2.75, 3.05) is 13.1 Å². The summed E-state index contributed by atoms with van der Waals surface area (Å²) in [5.74, 6) is 0.765. The third kappa shape index (κ3) is 9.28. The van der Waals surface area contributed by atoms with E-state index in [1.54, 1.807) is 0 Å². The number of carbonyl (C=O) groups is 1. The van der Waals surface area contributed by atoms with Crippen molar-refractivity contribution < 1.29 is 4.79 Å². The van der Waals surface area contributed by atoms with Crippen LogP contribution in [0.4, 0.5) is 0 Å². The number of aromatic nitrogens is 2. The lowest BCUT2D eigenvalue weighted by atomic mass is 10.1. The van der Waals surface area contributed by atoms with Crippen molar-refractivity contribution in [1.82, 2.24) is 25.7 Å². The fourth-order valence-electron chi connectivity index (χ4n) is 3.02. The van der Waals surface area contributed by atoms with E-state index in [-0.39, 0.29) is 35.9 Å². The maximum atomic E-state index is 12.2. The molecular formula is C23H37IN6O. The number of nitrogens with one attached hydrogen (secondary N) is 3. The molecule has 1 aromatic heterocycles. The van der Waals surface area contributed by atoms with Gasteiger partial charge >= 0.3 is 0 Å². The molecule has 7 nitrogen and oxygen atoms in total. The van der Waals surface area contributed by atoms with Crippen LogP contribution in [-0.4, -0.2) is 40.8 Å². The Labute approximate surface area is 203 Å². The fraction of sp³-hybridized carbons (Fsp3) is 0.522. The van der Waals surface area contributed by atoms with Gasteiger partial charge in [0, 0.05) is 36.9 Å². The van der Waals surface area contributed by atoms with Gasteiger partial charge in [-0.25, -0.2) is 4.99 Å². The van der Waals surface area contributed by atoms with Crippen molar-refractivity contribution in [3.8, 4) is 0 Å². The minimum absolute atomic E-state index is 0. The molecule has 1 aromatic carbocycles. The van der Waals surface area contributed by atoms with Crippen LogP contribution in [-0.2, 0) is 13.1 Å². The third-order valence-corrected chi connectivity index (χ3v) is 4.91. The number of rotatable bonds is 10. The van der Waals surface area contributed by atoms with Crippen LogP contribution in [0, 0.1) is 13.8 Å². The first kappa shape index (κ1) is 26.9. The predicted octanol–water partition coefficient (Wildman–Crippen LogP) is 3.79. The van der Waals surface area contributed by atoms with Gasteiger partial charge in [0.05, 0.1) is 12.2 Å². The van der Waals surface area contributed by atoms with Gasteiger partial charge in [-0.2, -0.15) is 5.10 Å². The molecule has 1 heterocycles. The number of hydrogen-bond donors (Lipinski definition) is 3. The molecule has 172 valence electrons. The first-order valence-corrected chi connectivity index (χ1v) is 10.9. The summed E-state index contributed by atoms with van der Waals surface area (Å²) in [7, 11) is 0. The molecular weight excluding hydrogens is 503 g/mol. The molecule has 2 rings (SSSR count). The molecule has 31 heavy (non-hydrogen) atoms. The lowest BCUT2D eigenvalue weighted by Gasteiger charge is -2.12. The van der Waals surface area contributed by atoms with Gasteiger partial charge < -0.3 is 16.0 Å². The zero-order chi connectivity index (χ0) is 21.9. The summed E-state index contributed by atoms with van der Waals surface area (Å²) < 4.78 is 2.04. The van der Waals surface area contributed by atoms with Gasteiger partial charge in [-0.05, 0) is 64.3 Å². The highest BCUT2D eigenvalue weighted by molar-refractivity contribution is 14.0. The van der Waals surface area contributed by atoms with Crippen LogP contribution in [0.5, 0.6) is 0 Å². The van der Waals surface area contributed by atoms with Crippen molar-refractivity contribution in [2.24, 2.45) is 4.99 Å². The summed E-state index contributed by atoms with van der Waals surface area (Å²) in [4.78, 5) is 16.8. The normalized spacial score (nSPS) is 12.1. The minimum atomic E-state index is -0.0305. The van der Waals surface area contributed by atoms with Gasteiger partial charge in [0.2, 0.25) is 0 Å². The molecule has 0 aliphatic rings. The minimum Gasteiger partial charge on any atom is -0.357 e. The number of amides is 1. The molecule has 0 aliphatic carbocycles. The molecule has 1 amide bonds. The number of guanidine groups is 1. The smallest absolute Gasteiger partial charge is 0.251 e. The maximum Gasteiger partial charge on any atom is 0.251 e. The molecule has 1 atom stereocenters. The summed E-state index contributed by atoms with van der Waals surface area (Å²) in [5, 5.41) is 14.1. The molecule has 0 radical (unpaired) electrons. The summed E-state index contributed by atoms with van der Waals surface area (Å²) in [6, 6.07) is 9.91. The van der Waals surface area contributed by atoms with Gasteiger partial charge in [0.1, 0.15) is 0 Å². The van der Waals surface area contributed by atoms with Gasteiger partial charge in [-0.15, -0.1) is 24.0 Å². The Morgan fingerprint density at radius 2 is 1.87 bits per heavy atom. The van der Waals surface area contributed by atoms with E-state index in [0.29, 0.717) is 12.1 Å². The second-order valence-corrected chi connectivity index (χ2v) is 7.61. The van der Waals surface area contributed by atoms with E-state index in [0.717, 1.165) is 49.7 Å². The van der Waals surface area contributed by atoms with Crippen molar-refractivity contribution in [2.45, 2.75) is 66.6 Å². The van der Waals surface area contributed by atoms with Crippen molar-refractivity contribution in [3.05, 3.63) is 52.8 Å². The zero-order valence-electron chi connectivity index (χ0n) is 19.4.